The van der Waals surface area contributed by atoms with Gasteiger partial charge in [0.2, 0.25) is 0 Å². The summed E-state index contributed by atoms with van der Waals surface area (Å²) in [5, 5.41) is 3.46. The average molecular weight is 410 g/mol. The molecule has 1 N–H and O–H groups in total. The van der Waals surface area contributed by atoms with Crippen molar-refractivity contribution in [1.29, 1.82) is 0 Å². The number of carbonyl (C=O) groups is 1. The number of ketones is 1. The fourth-order valence-corrected chi connectivity index (χ4v) is 2.95. The van der Waals surface area contributed by atoms with Crippen molar-refractivity contribution in [2.75, 3.05) is 5.32 Å². The van der Waals surface area contributed by atoms with E-state index in [-0.39, 0.29) is 12.4 Å². The number of allylic oxidation sites excluding steroid dienone is 1. The van der Waals surface area contributed by atoms with Crippen LogP contribution in [-0.2, 0) is 6.61 Å². The van der Waals surface area contributed by atoms with Crippen LogP contribution in [0.2, 0.25) is 5.02 Å². The molecule has 3 aromatic carbocycles. The molecule has 0 bridgehead atoms. The van der Waals surface area contributed by atoms with Gasteiger partial charge >= 0.3 is 0 Å². The lowest BCUT2D eigenvalue weighted by Gasteiger charge is -2.09. The molecule has 0 amide bonds. The van der Waals surface area contributed by atoms with Gasteiger partial charge < -0.3 is 10.1 Å². The Hall–Kier alpha value is -3.11. The summed E-state index contributed by atoms with van der Waals surface area (Å²) >= 11 is 6.00. The van der Waals surface area contributed by atoms with E-state index in [0.717, 1.165) is 16.8 Å². The molecule has 3 aromatic rings. The van der Waals surface area contributed by atoms with Gasteiger partial charge in [0, 0.05) is 29.1 Å². The highest BCUT2D eigenvalue weighted by Crippen LogP contribution is 2.22. The number of rotatable bonds is 7. The predicted octanol–water partition coefficient (Wildman–Crippen LogP) is 6.48. The molecule has 3 nitrogen and oxygen atoms in total. The second kappa shape index (κ2) is 9.39. The van der Waals surface area contributed by atoms with Gasteiger partial charge in [0.15, 0.2) is 5.78 Å². The van der Waals surface area contributed by atoms with Crippen LogP contribution < -0.4 is 10.1 Å². The summed E-state index contributed by atoms with van der Waals surface area (Å²) in [5.74, 6) is -0.0179. The van der Waals surface area contributed by atoms with Gasteiger partial charge in [0.05, 0.1) is 5.02 Å². The molecule has 3 rings (SSSR count). The highest BCUT2D eigenvalue weighted by atomic mass is 35.5. The molecule has 148 valence electrons. The third kappa shape index (κ3) is 5.46. The summed E-state index contributed by atoms with van der Waals surface area (Å²) in [4.78, 5) is 12.3. The number of nitrogens with one attached hydrogen (secondary N) is 1. The van der Waals surface area contributed by atoms with Crippen molar-refractivity contribution in [3.05, 3.63) is 106 Å². The van der Waals surface area contributed by atoms with E-state index in [1.165, 1.54) is 12.1 Å². The van der Waals surface area contributed by atoms with E-state index in [0.29, 0.717) is 21.9 Å². The zero-order valence-electron chi connectivity index (χ0n) is 16.2. The molecule has 5 heteroatoms. The van der Waals surface area contributed by atoms with Crippen LogP contribution in [0.3, 0.4) is 0 Å². The SMILES string of the molecule is Cc1ccc(C)c(N/C=C/C(=O)c2ccc(OCc3c(F)cccc3Cl)cc2)c1. The minimum atomic E-state index is -0.411. The van der Waals surface area contributed by atoms with Gasteiger partial charge in [-0.05, 0) is 67.4 Å². The van der Waals surface area contributed by atoms with E-state index < -0.39 is 5.82 Å². The minimum Gasteiger partial charge on any atom is -0.489 e. The topological polar surface area (TPSA) is 38.3 Å². The predicted molar refractivity (Wildman–Crippen MR) is 115 cm³/mol. The third-order valence-corrected chi connectivity index (χ3v) is 4.80. The monoisotopic (exact) mass is 409 g/mol. The first kappa shape index (κ1) is 20.6. The van der Waals surface area contributed by atoms with Crippen LogP contribution in [-0.4, -0.2) is 5.78 Å². The fraction of sp³-hybridized carbons (Fsp3) is 0.125. The van der Waals surface area contributed by atoms with Gasteiger partial charge in [0.25, 0.3) is 0 Å². The van der Waals surface area contributed by atoms with Crippen LogP contribution >= 0.6 is 11.6 Å². The number of benzene rings is 3. The number of anilines is 1. The van der Waals surface area contributed by atoms with Crippen molar-refractivity contribution in [2.24, 2.45) is 0 Å². The van der Waals surface area contributed by atoms with E-state index in [9.17, 15) is 9.18 Å². The van der Waals surface area contributed by atoms with E-state index >= 15 is 0 Å². The molecule has 0 aliphatic heterocycles. The molecule has 0 aromatic heterocycles. The Morgan fingerprint density at radius 1 is 1.10 bits per heavy atom. The van der Waals surface area contributed by atoms with Gasteiger partial charge in [-0.15, -0.1) is 0 Å². The quantitative estimate of drug-likeness (QED) is 0.358. The van der Waals surface area contributed by atoms with Crippen LogP contribution in [0.5, 0.6) is 5.75 Å². The summed E-state index contributed by atoms with van der Waals surface area (Å²) in [6.45, 7) is 4.03. The molecule has 0 unspecified atom stereocenters. The Bertz CT molecular complexity index is 1020. The van der Waals surface area contributed by atoms with Crippen molar-refractivity contribution in [2.45, 2.75) is 20.5 Å². The highest BCUT2D eigenvalue weighted by molar-refractivity contribution is 6.31. The number of halogens is 2. The zero-order valence-corrected chi connectivity index (χ0v) is 17.0. The van der Waals surface area contributed by atoms with Crippen molar-refractivity contribution in [3.8, 4) is 5.75 Å². The summed E-state index contributed by atoms with van der Waals surface area (Å²) < 4.78 is 19.4. The summed E-state index contributed by atoms with van der Waals surface area (Å²) in [6, 6.07) is 17.3. The van der Waals surface area contributed by atoms with Crippen LogP contribution in [0, 0.1) is 19.7 Å². The highest BCUT2D eigenvalue weighted by Gasteiger charge is 2.08. The van der Waals surface area contributed by atoms with E-state index in [1.807, 2.05) is 32.0 Å². The first-order valence-corrected chi connectivity index (χ1v) is 9.52. The smallest absolute Gasteiger partial charge is 0.187 e. The van der Waals surface area contributed by atoms with Crippen LogP contribution in [0.25, 0.3) is 0 Å². The van der Waals surface area contributed by atoms with Crippen molar-refractivity contribution >= 4 is 23.1 Å². The first-order chi connectivity index (χ1) is 13.9. The van der Waals surface area contributed by atoms with Crippen LogP contribution in [0.15, 0.2) is 72.9 Å². The molecule has 0 fully saturated rings. The standard InChI is InChI=1S/C24H21ClFNO2/c1-16-6-7-17(2)23(14-16)27-13-12-24(28)18-8-10-19(11-9-18)29-15-20-21(25)4-3-5-22(20)26/h3-14,27H,15H2,1-2H3/b13-12+. The lowest BCUT2D eigenvalue weighted by molar-refractivity contribution is 0.104. The molecule has 0 saturated carbocycles. The molecule has 0 spiro atoms. The largest absolute Gasteiger partial charge is 0.489 e. The average Bonchev–Trinajstić information content (AvgIpc) is 2.70. The number of carbonyl (C=O) groups excluding carboxylic acids is 1. The number of aryl methyl sites for hydroxylation is 2. The number of ether oxygens (including phenoxy) is 1. The molecule has 29 heavy (non-hydrogen) atoms. The lowest BCUT2D eigenvalue weighted by atomic mass is 10.1. The Balaban J connectivity index is 1.59. The number of hydrogen-bond acceptors (Lipinski definition) is 3. The number of hydrogen-bond donors (Lipinski definition) is 1. The minimum absolute atomic E-state index is 0.0124. The molecular weight excluding hydrogens is 389 g/mol. The summed E-state index contributed by atoms with van der Waals surface area (Å²) in [5.41, 5.74) is 4.04. The van der Waals surface area contributed by atoms with E-state index in [4.69, 9.17) is 16.3 Å². The second-order valence-corrected chi connectivity index (χ2v) is 7.08. The third-order valence-electron chi connectivity index (χ3n) is 4.45. The fourth-order valence-electron chi connectivity index (χ4n) is 2.74. The van der Waals surface area contributed by atoms with E-state index in [1.54, 1.807) is 42.6 Å². The Kier molecular flexibility index (Phi) is 6.68. The second-order valence-electron chi connectivity index (χ2n) is 6.67. The molecule has 0 atom stereocenters. The Morgan fingerprint density at radius 3 is 2.59 bits per heavy atom. The molecule has 0 aliphatic carbocycles. The summed E-state index contributed by atoms with van der Waals surface area (Å²) in [7, 11) is 0. The first-order valence-electron chi connectivity index (χ1n) is 9.14. The Morgan fingerprint density at radius 2 is 1.86 bits per heavy atom. The zero-order chi connectivity index (χ0) is 20.8. The van der Waals surface area contributed by atoms with E-state index in [2.05, 4.69) is 5.32 Å². The van der Waals surface area contributed by atoms with Gasteiger partial charge in [-0.1, -0.05) is 29.8 Å². The van der Waals surface area contributed by atoms with Gasteiger partial charge in [-0.25, -0.2) is 4.39 Å². The van der Waals surface area contributed by atoms with Gasteiger partial charge in [-0.2, -0.15) is 0 Å². The lowest BCUT2D eigenvalue weighted by Crippen LogP contribution is -2.00. The Labute approximate surface area is 174 Å². The van der Waals surface area contributed by atoms with Gasteiger partial charge in [-0.3, -0.25) is 4.79 Å². The van der Waals surface area contributed by atoms with Crippen molar-refractivity contribution < 1.29 is 13.9 Å². The maximum Gasteiger partial charge on any atom is 0.187 e. The normalized spacial score (nSPS) is 10.9. The molecule has 0 radical (unpaired) electrons. The molecule has 0 aliphatic rings. The molecule has 0 saturated heterocycles. The van der Waals surface area contributed by atoms with Crippen LogP contribution in [0.1, 0.15) is 27.0 Å². The maximum absolute atomic E-state index is 13.8. The molecular formula is C24H21ClFNO2. The van der Waals surface area contributed by atoms with Gasteiger partial charge in [0.1, 0.15) is 18.2 Å². The van der Waals surface area contributed by atoms with Crippen molar-refractivity contribution in [3.63, 3.8) is 0 Å². The van der Waals surface area contributed by atoms with Crippen molar-refractivity contribution in [1.82, 2.24) is 0 Å². The molecule has 0 heterocycles. The van der Waals surface area contributed by atoms with Crippen LogP contribution in [0.4, 0.5) is 10.1 Å². The maximum atomic E-state index is 13.8. The summed E-state index contributed by atoms with van der Waals surface area (Å²) in [6.07, 6.45) is 3.12.